The van der Waals surface area contributed by atoms with Crippen LogP contribution < -0.4 is 5.32 Å². The molecule has 0 saturated heterocycles. The van der Waals surface area contributed by atoms with E-state index in [0.717, 1.165) is 19.5 Å². The summed E-state index contributed by atoms with van der Waals surface area (Å²) in [6.07, 6.45) is 0.859. The Bertz CT molecular complexity index is 363. The number of aliphatic hydroxyl groups excluding tert-OH is 1. The number of benzene rings is 1. The summed E-state index contributed by atoms with van der Waals surface area (Å²) in [7, 11) is 2.04. The highest BCUT2D eigenvalue weighted by Gasteiger charge is 2.14. The largest absolute Gasteiger partial charge is 0.392 e. The van der Waals surface area contributed by atoms with Gasteiger partial charge in [0.05, 0.1) is 6.10 Å². The second-order valence-electron chi connectivity index (χ2n) is 4.67. The molecule has 0 aliphatic carbocycles. The van der Waals surface area contributed by atoms with E-state index in [1.54, 1.807) is 0 Å². The third-order valence-electron chi connectivity index (χ3n) is 2.95. The average molecular weight is 220 g/mol. The normalized spacial score (nSPS) is 16.0. The van der Waals surface area contributed by atoms with Gasteiger partial charge < -0.3 is 10.4 Å². The van der Waals surface area contributed by atoms with Gasteiger partial charge in [-0.15, -0.1) is 0 Å². The highest BCUT2D eigenvalue weighted by Crippen LogP contribution is 2.27. The van der Waals surface area contributed by atoms with Gasteiger partial charge in [-0.2, -0.15) is 0 Å². The molecular formula is C13H20N2O. The number of nitrogens with zero attached hydrogens (tertiary/aromatic N) is 1. The number of hydrogen-bond donors (Lipinski definition) is 2. The van der Waals surface area contributed by atoms with Crippen LogP contribution in [0, 0.1) is 0 Å². The molecule has 0 saturated carbocycles. The molecule has 1 aromatic rings. The first kappa shape index (κ1) is 11.4. The summed E-state index contributed by atoms with van der Waals surface area (Å²) in [4.78, 5) is 2.15. The Balaban J connectivity index is 2.07. The molecule has 3 heteroatoms. The van der Waals surface area contributed by atoms with Crippen molar-refractivity contribution < 1.29 is 5.11 Å². The predicted octanol–water partition coefficient (Wildman–Crippen LogP) is 1.47. The molecule has 0 aromatic heterocycles. The number of fused-ring (bicyclic) bond motifs is 1. The molecule has 1 aliphatic heterocycles. The van der Waals surface area contributed by atoms with E-state index >= 15 is 0 Å². The lowest BCUT2D eigenvalue weighted by Gasteiger charge is -2.20. The molecule has 16 heavy (non-hydrogen) atoms. The average Bonchev–Trinajstić information content (AvgIpc) is 2.65. The Morgan fingerprint density at radius 2 is 2.31 bits per heavy atom. The molecule has 1 atom stereocenters. The topological polar surface area (TPSA) is 35.5 Å². The predicted molar refractivity (Wildman–Crippen MR) is 66.7 cm³/mol. The maximum absolute atomic E-state index is 9.34. The van der Waals surface area contributed by atoms with Gasteiger partial charge in [0.1, 0.15) is 0 Å². The van der Waals surface area contributed by atoms with E-state index in [4.69, 9.17) is 0 Å². The molecule has 0 amide bonds. The van der Waals surface area contributed by atoms with Crippen LogP contribution in [0.4, 0.5) is 5.69 Å². The second kappa shape index (κ2) is 4.85. The maximum atomic E-state index is 9.34. The van der Waals surface area contributed by atoms with E-state index in [-0.39, 0.29) is 6.10 Å². The Morgan fingerprint density at radius 3 is 3.06 bits per heavy atom. The number of rotatable bonds is 4. The molecule has 0 radical (unpaired) electrons. The van der Waals surface area contributed by atoms with Crippen LogP contribution in [0.2, 0.25) is 0 Å². The first-order chi connectivity index (χ1) is 7.66. The van der Waals surface area contributed by atoms with Gasteiger partial charge in [-0.05, 0) is 31.5 Å². The van der Waals surface area contributed by atoms with Gasteiger partial charge >= 0.3 is 0 Å². The molecule has 0 bridgehead atoms. The van der Waals surface area contributed by atoms with Crippen LogP contribution in [0.15, 0.2) is 18.2 Å². The fraction of sp³-hybridized carbons (Fsp3) is 0.538. The fourth-order valence-electron chi connectivity index (χ4n) is 2.35. The molecule has 0 spiro atoms. The van der Waals surface area contributed by atoms with Crippen LogP contribution in [0.3, 0.4) is 0 Å². The molecule has 1 heterocycles. The Hall–Kier alpha value is -1.06. The van der Waals surface area contributed by atoms with Crippen LogP contribution in [-0.2, 0) is 13.0 Å². The number of aliphatic hydroxyl groups is 1. The SMILES string of the molecule is CC(O)CN(C)Cc1cccc2c1NCC2. The molecule has 0 fully saturated rings. The minimum atomic E-state index is -0.269. The zero-order valence-electron chi connectivity index (χ0n) is 10.0. The molecule has 88 valence electrons. The third kappa shape index (κ3) is 2.54. The van der Waals surface area contributed by atoms with Gasteiger partial charge in [0.15, 0.2) is 0 Å². The summed E-state index contributed by atoms with van der Waals surface area (Å²) >= 11 is 0. The van der Waals surface area contributed by atoms with E-state index in [9.17, 15) is 5.11 Å². The lowest BCUT2D eigenvalue weighted by molar-refractivity contribution is 0.138. The van der Waals surface area contributed by atoms with Crippen molar-refractivity contribution in [1.29, 1.82) is 0 Å². The van der Waals surface area contributed by atoms with Gasteiger partial charge in [0, 0.05) is 25.3 Å². The van der Waals surface area contributed by atoms with Gasteiger partial charge in [-0.25, -0.2) is 0 Å². The molecule has 3 nitrogen and oxygen atoms in total. The van der Waals surface area contributed by atoms with Gasteiger partial charge in [-0.1, -0.05) is 18.2 Å². The van der Waals surface area contributed by atoms with E-state index in [1.807, 2.05) is 14.0 Å². The maximum Gasteiger partial charge on any atom is 0.0639 e. The van der Waals surface area contributed by atoms with Crippen molar-refractivity contribution in [1.82, 2.24) is 4.90 Å². The second-order valence-corrected chi connectivity index (χ2v) is 4.67. The van der Waals surface area contributed by atoms with Crippen LogP contribution in [-0.4, -0.2) is 36.2 Å². The first-order valence-corrected chi connectivity index (χ1v) is 5.88. The fourth-order valence-corrected chi connectivity index (χ4v) is 2.35. The van der Waals surface area contributed by atoms with E-state index in [0.29, 0.717) is 6.54 Å². The summed E-state index contributed by atoms with van der Waals surface area (Å²) in [5, 5.41) is 12.8. The molecule has 1 aromatic carbocycles. The highest BCUT2D eigenvalue weighted by molar-refractivity contribution is 5.61. The van der Waals surface area contributed by atoms with Crippen molar-refractivity contribution in [2.75, 3.05) is 25.5 Å². The monoisotopic (exact) mass is 220 g/mol. The Morgan fingerprint density at radius 1 is 1.50 bits per heavy atom. The zero-order chi connectivity index (χ0) is 11.5. The minimum Gasteiger partial charge on any atom is -0.392 e. The third-order valence-corrected chi connectivity index (χ3v) is 2.95. The number of para-hydroxylation sites is 1. The summed E-state index contributed by atoms with van der Waals surface area (Å²) in [5.41, 5.74) is 4.06. The van der Waals surface area contributed by atoms with Gasteiger partial charge in [0.2, 0.25) is 0 Å². The Labute approximate surface area is 97.1 Å². The summed E-state index contributed by atoms with van der Waals surface area (Å²) in [5.74, 6) is 0. The van der Waals surface area contributed by atoms with Crippen molar-refractivity contribution in [2.24, 2.45) is 0 Å². The molecular weight excluding hydrogens is 200 g/mol. The summed E-state index contributed by atoms with van der Waals surface area (Å²) in [6.45, 7) is 4.47. The molecule has 2 rings (SSSR count). The van der Waals surface area contributed by atoms with Gasteiger partial charge in [0.25, 0.3) is 0 Å². The number of anilines is 1. The lowest BCUT2D eigenvalue weighted by atomic mass is 10.1. The van der Waals surface area contributed by atoms with Crippen LogP contribution in [0.25, 0.3) is 0 Å². The van der Waals surface area contributed by atoms with Gasteiger partial charge in [-0.3, -0.25) is 4.90 Å². The standard InChI is InChI=1S/C13H20N2O/c1-10(16)8-15(2)9-12-5-3-4-11-6-7-14-13(11)12/h3-5,10,14,16H,6-9H2,1-2H3. The van der Waals surface area contributed by atoms with Crippen LogP contribution in [0.1, 0.15) is 18.1 Å². The van der Waals surface area contributed by atoms with Crippen LogP contribution in [0.5, 0.6) is 0 Å². The van der Waals surface area contributed by atoms with E-state index in [1.165, 1.54) is 16.8 Å². The summed E-state index contributed by atoms with van der Waals surface area (Å²) < 4.78 is 0. The molecule has 2 N–H and O–H groups in total. The number of likely N-dealkylation sites (N-methyl/N-ethyl adjacent to an activating group) is 1. The van der Waals surface area contributed by atoms with Crippen molar-refractivity contribution in [3.63, 3.8) is 0 Å². The first-order valence-electron chi connectivity index (χ1n) is 5.88. The number of nitrogens with one attached hydrogen (secondary N) is 1. The zero-order valence-corrected chi connectivity index (χ0v) is 10.0. The minimum absolute atomic E-state index is 0.269. The Kier molecular flexibility index (Phi) is 3.46. The summed E-state index contributed by atoms with van der Waals surface area (Å²) in [6, 6.07) is 6.47. The van der Waals surface area contributed by atoms with E-state index in [2.05, 4.69) is 28.4 Å². The van der Waals surface area contributed by atoms with Crippen LogP contribution >= 0.6 is 0 Å². The van der Waals surface area contributed by atoms with Crippen molar-refractivity contribution in [2.45, 2.75) is 26.0 Å². The smallest absolute Gasteiger partial charge is 0.0639 e. The van der Waals surface area contributed by atoms with Crippen molar-refractivity contribution in [3.05, 3.63) is 29.3 Å². The van der Waals surface area contributed by atoms with E-state index < -0.39 is 0 Å². The quantitative estimate of drug-likeness (QED) is 0.806. The number of hydrogen-bond acceptors (Lipinski definition) is 3. The molecule has 1 aliphatic rings. The molecule has 1 unspecified atom stereocenters. The lowest BCUT2D eigenvalue weighted by Crippen LogP contribution is -2.27. The highest BCUT2D eigenvalue weighted by atomic mass is 16.3. The van der Waals surface area contributed by atoms with Crippen molar-refractivity contribution >= 4 is 5.69 Å². The van der Waals surface area contributed by atoms with Crippen molar-refractivity contribution in [3.8, 4) is 0 Å².